The summed E-state index contributed by atoms with van der Waals surface area (Å²) < 4.78 is 2.30. The highest BCUT2D eigenvalue weighted by atomic mass is 79.9. The van der Waals surface area contributed by atoms with Crippen LogP contribution in [0, 0.1) is 6.92 Å². The van der Waals surface area contributed by atoms with Gasteiger partial charge in [0.1, 0.15) is 6.29 Å². The first-order valence-corrected chi connectivity index (χ1v) is 5.47. The van der Waals surface area contributed by atoms with E-state index in [1.165, 1.54) is 10.3 Å². The second kappa shape index (κ2) is 3.24. The van der Waals surface area contributed by atoms with E-state index in [9.17, 15) is 4.79 Å². The summed E-state index contributed by atoms with van der Waals surface area (Å²) >= 11 is 5.22. The fraction of sp³-hybridized carbons (Fsp3) is 0.100. The number of fused-ring (bicyclic) bond motifs is 1. The number of rotatable bonds is 1. The van der Waals surface area contributed by atoms with Gasteiger partial charge in [0.15, 0.2) is 0 Å². The van der Waals surface area contributed by atoms with Crippen molar-refractivity contribution in [3.8, 4) is 0 Å². The molecule has 0 unspecified atom stereocenters. The molecule has 0 bridgehead atoms. The molecule has 0 saturated heterocycles. The summed E-state index contributed by atoms with van der Waals surface area (Å²) in [7, 11) is 0. The highest BCUT2D eigenvalue weighted by molar-refractivity contribution is 9.10. The van der Waals surface area contributed by atoms with Crippen molar-refractivity contribution in [2.24, 2.45) is 0 Å². The van der Waals surface area contributed by atoms with Crippen molar-refractivity contribution < 1.29 is 4.79 Å². The molecule has 0 radical (unpaired) electrons. The number of aryl methyl sites for hydroxylation is 1. The molecule has 66 valence electrons. The Hall–Kier alpha value is -0.670. The van der Waals surface area contributed by atoms with E-state index in [0.29, 0.717) is 0 Å². The number of hydrogen-bond acceptors (Lipinski definition) is 2. The molecule has 13 heavy (non-hydrogen) atoms. The molecule has 1 aromatic heterocycles. The fourth-order valence-corrected chi connectivity index (χ4v) is 3.00. The van der Waals surface area contributed by atoms with Crippen LogP contribution in [0.5, 0.6) is 0 Å². The van der Waals surface area contributed by atoms with Gasteiger partial charge >= 0.3 is 0 Å². The van der Waals surface area contributed by atoms with Crippen LogP contribution in [0.1, 0.15) is 15.2 Å². The molecule has 3 heteroatoms. The van der Waals surface area contributed by atoms with Crippen molar-refractivity contribution in [3.05, 3.63) is 33.1 Å². The Morgan fingerprint density at radius 1 is 1.46 bits per heavy atom. The van der Waals surface area contributed by atoms with Gasteiger partial charge < -0.3 is 0 Å². The highest BCUT2D eigenvalue weighted by Crippen LogP contribution is 2.34. The summed E-state index contributed by atoms with van der Waals surface area (Å²) in [5.41, 5.74) is 0.737. The third-order valence-electron chi connectivity index (χ3n) is 1.95. The first kappa shape index (κ1) is 8.91. The van der Waals surface area contributed by atoms with Gasteiger partial charge in [0.2, 0.25) is 0 Å². The van der Waals surface area contributed by atoms with E-state index in [4.69, 9.17) is 0 Å². The molecule has 0 aliphatic rings. The lowest BCUT2D eigenvalue weighted by atomic mass is 10.2. The number of halogens is 1. The van der Waals surface area contributed by atoms with Gasteiger partial charge in [-0.3, -0.25) is 4.79 Å². The van der Waals surface area contributed by atoms with Gasteiger partial charge in [-0.1, -0.05) is 12.1 Å². The molecule has 0 N–H and O–H groups in total. The van der Waals surface area contributed by atoms with Gasteiger partial charge in [0.05, 0.1) is 0 Å². The summed E-state index contributed by atoms with van der Waals surface area (Å²) in [4.78, 5) is 11.8. The molecule has 0 saturated carbocycles. The predicted molar refractivity (Wildman–Crippen MR) is 59.6 cm³/mol. The lowest BCUT2D eigenvalue weighted by molar-refractivity contribution is 0.112. The minimum Gasteiger partial charge on any atom is -0.298 e. The Balaban J connectivity index is 2.79. The van der Waals surface area contributed by atoms with Gasteiger partial charge in [-0.25, -0.2) is 0 Å². The van der Waals surface area contributed by atoms with Crippen molar-refractivity contribution in [3.63, 3.8) is 0 Å². The van der Waals surface area contributed by atoms with Crippen LogP contribution in [0.2, 0.25) is 0 Å². The molecule has 0 fully saturated rings. The molecule has 0 atom stereocenters. The van der Waals surface area contributed by atoms with Gasteiger partial charge in [0, 0.05) is 25.0 Å². The maximum atomic E-state index is 10.5. The number of carbonyl (C=O) groups excluding carboxylic acids is 1. The number of hydrogen-bond donors (Lipinski definition) is 0. The van der Waals surface area contributed by atoms with Crippen LogP contribution in [0.15, 0.2) is 22.7 Å². The molecule has 0 spiro atoms. The van der Waals surface area contributed by atoms with Gasteiger partial charge in [-0.2, -0.15) is 0 Å². The van der Waals surface area contributed by atoms with Crippen molar-refractivity contribution in [2.75, 3.05) is 0 Å². The predicted octanol–water partition coefficient (Wildman–Crippen LogP) is 3.78. The Kier molecular flexibility index (Phi) is 2.22. The van der Waals surface area contributed by atoms with Crippen molar-refractivity contribution in [2.45, 2.75) is 6.92 Å². The first-order valence-electron chi connectivity index (χ1n) is 3.86. The molecule has 2 rings (SSSR count). The molecule has 0 aliphatic heterocycles. The molecule has 1 aromatic carbocycles. The van der Waals surface area contributed by atoms with E-state index < -0.39 is 0 Å². The summed E-state index contributed by atoms with van der Waals surface area (Å²) in [5.74, 6) is 0. The lowest BCUT2D eigenvalue weighted by Gasteiger charge is -1.91. The van der Waals surface area contributed by atoms with E-state index in [1.807, 2.05) is 18.2 Å². The Labute approximate surface area is 88.5 Å². The van der Waals surface area contributed by atoms with Gasteiger partial charge in [-0.15, -0.1) is 11.3 Å². The first-order chi connectivity index (χ1) is 6.22. The quantitative estimate of drug-likeness (QED) is 0.708. The number of carbonyl (C=O) groups is 1. The van der Waals surface area contributed by atoms with Gasteiger partial charge in [0.25, 0.3) is 0 Å². The average Bonchev–Trinajstić information content (AvgIpc) is 2.42. The molecule has 0 amide bonds. The van der Waals surface area contributed by atoms with Crippen molar-refractivity contribution >= 4 is 43.6 Å². The zero-order valence-corrected chi connectivity index (χ0v) is 9.41. The number of benzene rings is 1. The zero-order chi connectivity index (χ0) is 9.42. The molecule has 2 aromatic rings. The van der Waals surface area contributed by atoms with Gasteiger partial charge in [-0.05, 0) is 28.9 Å². The minimum atomic E-state index is 0.737. The standard InChI is InChI=1S/C10H7BrOS/c1-6-10(11)8-3-2-7(5-12)4-9(8)13-6/h2-5H,1H3. The third-order valence-corrected chi connectivity index (χ3v) is 4.30. The lowest BCUT2D eigenvalue weighted by Crippen LogP contribution is -1.76. The van der Waals surface area contributed by atoms with E-state index >= 15 is 0 Å². The fourth-order valence-electron chi connectivity index (χ4n) is 1.28. The molecular weight excluding hydrogens is 248 g/mol. The largest absolute Gasteiger partial charge is 0.298 e. The smallest absolute Gasteiger partial charge is 0.150 e. The Morgan fingerprint density at radius 2 is 2.23 bits per heavy atom. The number of thiophene rings is 1. The Morgan fingerprint density at radius 3 is 2.92 bits per heavy atom. The third kappa shape index (κ3) is 1.42. The molecule has 0 aliphatic carbocycles. The zero-order valence-electron chi connectivity index (χ0n) is 7.00. The summed E-state index contributed by atoms with van der Waals surface area (Å²) in [6.45, 7) is 2.06. The Bertz CT molecular complexity index is 473. The number of aldehydes is 1. The monoisotopic (exact) mass is 254 g/mol. The summed E-state index contributed by atoms with van der Waals surface area (Å²) in [5, 5.41) is 1.19. The van der Waals surface area contributed by atoms with Crippen LogP contribution >= 0.6 is 27.3 Å². The molecule has 1 heterocycles. The van der Waals surface area contributed by atoms with Crippen LogP contribution in [0.4, 0.5) is 0 Å². The van der Waals surface area contributed by atoms with Crippen LogP contribution in [-0.4, -0.2) is 6.29 Å². The van der Waals surface area contributed by atoms with Crippen molar-refractivity contribution in [1.82, 2.24) is 0 Å². The van der Waals surface area contributed by atoms with E-state index in [2.05, 4.69) is 22.9 Å². The SMILES string of the molecule is Cc1sc2cc(C=O)ccc2c1Br. The summed E-state index contributed by atoms with van der Waals surface area (Å²) in [6, 6.07) is 5.74. The molecular formula is C10H7BrOS. The van der Waals surface area contributed by atoms with E-state index in [1.54, 1.807) is 11.3 Å². The minimum absolute atomic E-state index is 0.737. The maximum Gasteiger partial charge on any atom is 0.150 e. The van der Waals surface area contributed by atoms with Crippen LogP contribution < -0.4 is 0 Å². The topological polar surface area (TPSA) is 17.1 Å². The summed E-state index contributed by atoms with van der Waals surface area (Å²) in [6.07, 6.45) is 0.877. The van der Waals surface area contributed by atoms with Crippen LogP contribution in [0.3, 0.4) is 0 Å². The normalized spacial score (nSPS) is 10.6. The average molecular weight is 255 g/mol. The van der Waals surface area contributed by atoms with Crippen LogP contribution in [0.25, 0.3) is 10.1 Å². The van der Waals surface area contributed by atoms with Crippen LogP contribution in [-0.2, 0) is 0 Å². The second-order valence-corrected chi connectivity index (χ2v) is 4.89. The highest BCUT2D eigenvalue weighted by Gasteiger charge is 2.05. The maximum absolute atomic E-state index is 10.5. The van der Waals surface area contributed by atoms with E-state index in [0.717, 1.165) is 21.0 Å². The van der Waals surface area contributed by atoms with Crippen molar-refractivity contribution in [1.29, 1.82) is 0 Å². The second-order valence-electron chi connectivity index (χ2n) is 2.85. The van der Waals surface area contributed by atoms with E-state index in [-0.39, 0.29) is 0 Å². The molecule has 1 nitrogen and oxygen atoms in total.